The summed E-state index contributed by atoms with van der Waals surface area (Å²) >= 11 is 5.97. The van der Waals surface area contributed by atoms with Gasteiger partial charge < -0.3 is 5.73 Å². The molecule has 0 fully saturated rings. The Balaban J connectivity index is 2.28. The fourth-order valence-corrected chi connectivity index (χ4v) is 1.36. The van der Waals surface area contributed by atoms with Crippen LogP contribution in [-0.2, 0) is 6.42 Å². The third kappa shape index (κ3) is 1.70. The van der Waals surface area contributed by atoms with E-state index < -0.39 is 0 Å². The number of nitrogens with zero attached hydrogens (tertiary/aromatic N) is 2. The molecule has 0 radical (unpaired) electrons. The molecule has 1 aromatic carbocycles. The second-order valence-corrected chi connectivity index (χ2v) is 3.27. The minimum atomic E-state index is 0.310. The number of nitrogen functional groups attached to an aromatic ring is 1. The highest BCUT2D eigenvalue weighted by Crippen LogP contribution is 2.19. The summed E-state index contributed by atoms with van der Waals surface area (Å²) in [6, 6.07) is 7.51. The van der Waals surface area contributed by atoms with E-state index in [1.165, 1.54) is 0 Å². The van der Waals surface area contributed by atoms with Crippen molar-refractivity contribution in [3.8, 4) is 0 Å². The third-order valence-electron chi connectivity index (χ3n) is 1.90. The molecule has 2 N–H and O–H groups in total. The molecule has 0 saturated heterocycles. The Morgan fingerprint density at radius 1 is 1.29 bits per heavy atom. The lowest BCUT2D eigenvalue weighted by atomic mass is 10.1. The van der Waals surface area contributed by atoms with Crippen molar-refractivity contribution in [2.75, 3.05) is 5.73 Å². The Hall–Kier alpha value is -1.55. The zero-order valence-electron chi connectivity index (χ0n) is 7.27. The number of nitrogens with two attached hydrogens (primary N) is 1. The summed E-state index contributed by atoms with van der Waals surface area (Å²) in [6.07, 6.45) is 0.537. The molecular weight excluding hydrogens is 202 g/mol. The summed E-state index contributed by atoms with van der Waals surface area (Å²) in [7, 11) is 0. The zero-order chi connectivity index (χ0) is 9.97. The summed E-state index contributed by atoms with van der Waals surface area (Å²) in [5.74, 6) is 0.310. The van der Waals surface area contributed by atoms with Crippen LogP contribution in [0, 0.1) is 0 Å². The maximum Gasteiger partial charge on any atom is 0.191 e. The zero-order valence-corrected chi connectivity index (χ0v) is 8.03. The van der Waals surface area contributed by atoms with Crippen molar-refractivity contribution >= 4 is 17.4 Å². The first-order valence-corrected chi connectivity index (χ1v) is 4.45. The molecular formula is C9H8ClN3O. The van der Waals surface area contributed by atoms with Crippen LogP contribution in [0.2, 0.25) is 5.02 Å². The molecule has 0 amide bonds. The molecule has 2 aromatic rings. The van der Waals surface area contributed by atoms with E-state index in [4.69, 9.17) is 17.3 Å². The van der Waals surface area contributed by atoms with Gasteiger partial charge in [0.05, 0.1) is 0 Å². The van der Waals surface area contributed by atoms with E-state index in [-0.39, 0.29) is 0 Å². The van der Waals surface area contributed by atoms with Gasteiger partial charge in [-0.1, -0.05) is 35.0 Å². The number of benzene rings is 1. The van der Waals surface area contributed by atoms with Crippen molar-refractivity contribution in [3.05, 3.63) is 40.5 Å². The van der Waals surface area contributed by atoms with Crippen molar-refractivity contribution in [2.45, 2.75) is 6.42 Å². The van der Waals surface area contributed by atoms with Gasteiger partial charge >= 0.3 is 0 Å². The van der Waals surface area contributed by atoms with E-state index in [2.05, 4.69) is 14.9 Å². The Bertz CT molecular complexity index is 441. The lowest BCUT2D eigenvalue weighted by molar-refractivity contribution is 0.305. The van der Waals surface area contributed by atoms with Gasteiger partial charge in [0.15, 0.2) is 5.82 Å². The van der Waals surface area contributed by atoms with Crippen LogP contribution in [0.25, 0.3) is 0 Å². The van der Waals surface area contributed by atoms with Crippen molar-refractivity contribution in [1.82, 2.24) is 10.3 Å². The first-order valence-electron chi connectivity index (χ1n) is 4.07. The van der Waals surface area contributed by atoms with Crippen molar-refractivity contribution < 1.29 is 4.63 Å². The van der Waals surface area contributed by atoms with Crippen LogP contribution in [0.1, 0.15) is 11.3 Å². The van der Waals surface area contributed by atoms with Gasteiger partial charge in [0.25, 0.3) is 0 Å². The first-order chi connectivity index (χ1) is 6.77. The summed E-state index contributed by atoms with van der Waals surface area (Å²) in [6.45, 7) is 0. The van der Waals surface area contributed by atoms with E-state index in [9.17, 15) is 0 Å². The molecule has 0 aliphatic carbocycles. The minimum absolute atomic E-state index is 0.310. The van der Waals surface area contributed by atoms with Gasteiger partial charge in [-0.05, 0) is 16.8 Å². The molecule has 0 unspecified atom stereocenters. The highest BCUT2D eigenvalue weighted by molar-refractivity contribution is 6.31. The molecule has 72 valence electrons. The molecule has 0 aliphatic heterocycles. The van der Waals surface area contributed by atoms with Crippen LogP contribution in [0.5, 0.6) is 0 Å². The van der Waals surface area contributed by atoms with Gasteiger partial charge in [0, 0.05) is 11.4 Å². The topological polar surface area (TPSA) is 64.9 Å². The van der Waals surface area contributed by atoms with Gasteiger partial charge in [-0.25, -0.2) is 4.63 Å². The summed E-state index contributed by atoms with van der Waals surface area (Å²) < 4.78 is 4.49. The molecule has 1 aromatic heterocycles. The Kier molecular flexibility index (Phi) is 2.37. The van der Waals surface area contributed by atoms with E-state index in [0.29, 0.717) is 23.0 Å². The van der Waals surface area contributed by atoms with Gasteiger partial charge in [-0.15, -0.1) is 0 Å². The van der Waals surface area contributed by atoms with E-state index >= 15 is 0 Å². The maximum absolute atomic E-state index is 5.97. The van der Waals surface area contributed by atoms with Crippen LogP contribution in [0.3, 0.4) is 0 Å². The minimum Gasteiger partial charge on any atom is -0.379 e. The number of anilines is 1. The quantitative estimate of drug-likeness (QED) is 0.821. The molecule has 0 spiro atoms. The molecule has 1 heterocycles. The van der Waals surface area contributed by atoms with Gasteiger partial charge in [0.2, 0.25) is 0 Å². The second kappa shape index (κ2) is 3.67. The summed E-state index contributed by atoms with van der Waals surface area (Å²) in [5, 5.41) is 7.86. The largest absolute Gasteiger partial charge is 0.379 e. The molecule has 4 nitrogen and oxygen atoms in total. The molecule has 14 heavy (non-hydrogen) atoms. The fourth-order valence-electron chi connectivity index (χ4n) is 1.16. The van der Waals surface area contributed by atoms with Crippen LogP contribution in [-0.4, -0.2) is 10.3 Å². The molecule has 0 atom stereocenters. The smallest absolute Gasteiger partial charge is 0.191 e. The van der Waals surface area contributed by atoms with Gasteiger partial charge in [-0.3, -0.25) is 0 Å². The molecule has 5 heteroatoms. The summed E-state index contributed by atoms with van der Waals surface area (Å²) in [4.78, 5) is 0. The lowest BCUT2D eigenvalue weighted by Gasteiger charge is -1.99. The number of halogens is 1. The van der Waals surface area contributed by atoms with Crippen LogP contribution < -0.4 is 5.73 Å². The maximum atomic E-state index is 5.97. The SMILES string of the molecule is Nc1nonc1Cc1ccccc1Cl. The van der Waals surface area contributed by atoms with Crippen LogP contribution >= 0.6 is 11.6 Å². The van der Waals surface area contributed by atoms with Crippen molar-refractivity contribution in [3.63, 3.8) is 0 Å². The van der Waals surface area contributed by atoms with Gasteiger partial charge in [0.1, 0.15) is 5.69 Å². The molecule has 0 aliphatic rings. The molecule has 0 saturated carbocycles. The average molecular weight is 210 g/mol. The summed E-state index contributed by atoms with van der Waals surface area (Å²) in [5.41, 5.74) is 7.09. The normalized spacial score (nSPS) is 10.4. The Morgan fingerprint density at radius 3 is 2.71 bits per heavy atom. The molecule has 2 rings (SSSR count). The predicted octanol–water partition coefficient (Wildman–Crippen LogP) is 1.90. The van der Waals surface area contributed by atoms with Crippen LogP contribution in [0.15, 0.2) is 28.9 Å². The average Bonchev–Trinajstić information content (AvgIpc) is 2.56. The monoisotopic (exact) mass is 209 g/mol. The highest BCUT2D eigenvalue weighted by atomic mass is 35.5. The standard InChI is InChI=1S/C9H8ClN3O/c10-7-4-2-1-3-6(7)5-8-9(11)13-14-12-8/h1-4H,5H2,(H2,11,13). The Labute approximate surface area is 85.6 Å². The van der Waals surface area contributed by atoms with E-state index in [0.717, 1.165) is 5.56 Å². The number of rotatable bonds is 2. The van der Waals surface area contributed by atoms with E-state index in [1.54, 1.807) is 0 Å². The lowest BCUT2D eigenvalue weighted by Crippen LogP contribution is -1.95. The van der Waals surface area contributed by atoms with Crippen molar-refractivity contribution in [2.24, 2.45) is 0 Å². The van der Waals surface area contributed by atoms with Gasteiger partial charge in [-0.2, -0.15) is 0 Å². The number of aromatic nitrogens is 2. The first kappa shape index (κ1) is 9.02. The van der Waals surface area contributed by atoms with Crippen LogP contribution in [0.4, 0.5) is 5.82 Å². The molecule has 0 bridgehead atoms. The second-order valence-electron chi connectivity index (χ2n) is 2.86. The number of hydrogen-bond acceptors (Lipinski definition) is 4. The number of hydrogen-bond donors (Lipinski definition) is 1. The predicted molar refractivity (Wildman–Crippen MR) is 53.0 cm³/mol. The van der Waals surface area contributed by atoms with E-state index in [1.807, 2.05) is 24.3 Å². The highest BCUT2D eigenvalue weighted by Gasteiger charge is 2.08. The third-order valence-corrected chi connectivity index (χ3v) is 2.27. The fraction of sp³-hybridized carbons (Fsp3) is 0.111. The Morgan fingerprint density at radius 2 is 2.07 bits per heavy atom. The van der Waals surface area contributed by atoms with Crippen molar-refractivity contribution in [1.29, 1.82) is 0 Å².